The molecule has 84 valence electrons. The summed E-state index contributed by atoms with van der Waals surface area (Å²) in [7, 11) is -1.95. The van der Waals surface area contributed by atoms with Crippen LogP contribution in [-0.4, -0.2) is 51.6 Å². The van der Waals surface area contributed by atoms with Gasteiger partial charge in [-0.25, -0.2) is 4.72 Å². The van der Waals surface area contributed by atoms with Gasteiger partial charge in [-0.2, -0.15) is 12.7 Å². The Morgan fingerprint density at radius 2 is 2.29 bits per heavy atom. The summed E-state index contributed by atoms with van der Waals surface area (Å²) in [6.45, 7) is 2.90. The summed E-state index contributed by atoms with van der Waals surface area (Å²) in [6, 6.07) is -0.162. The first-order valence-electron chi connectivity index (χ1n) is 4.53. The average molecular weight is 223 g/mol. The second kappa shape index (κ2) is 4.54. The highest BCUT2D eigenvalue weighted by atomic mass is 32.2. The Kier molecular flexibility index (Phi) is 3.85. The molecule has 0 radical (unpaired) electrons. The smallest absolute Gasteiger partial charge is 0.279 e. The Labute approximate surface area is 84.6 Å². The maximum Gasteiger partial charge on any atom is 0.279 e. The van der Waals surface area contributed by atoms with Crippen molar-refractivity contribution in [3.63, 3.8) is 0 Å². The van der Waals surface area contributed by atoms with E-state index in [0.29, 0.717) is 19.7 Å². The lowest BCUT2D eigenvalue weighted by molar-refractivity contribution is -0.0122. The number of nitrogens with zero attached hydrogens (tertiary/aromatic N) is 1. The van der Waals surface area contributed by atoms with E-state index >= 15 is 0 Å². The van der Waals surface area contributed by atoms with E-state index in [1.54, 1.807) is 6.92 Å². The van der Waals surface area contributed by atoms with Gasteiger partial charge < -0.3 is 10.5 Å². The van der Waals surface area contributed by atoms with Crippen molar-refractivity contribution >= 4 is 10.2 Å². The molecule has 1 aliphatic heterocycles. The van der Waals surface area contributed by atoms with Gasteiger partial charge >= 0.3 is 0 Å². The van der Waals surface area contributed by atoms with Crippen LogP contribution in [0.3, 0.4) is 0 Å². The topological polar surface area (TPSA) is 84.7 Å². The van der Waals surface area contributed by atoms with E-state index in [-0.39, 0.29) is 12.1 Å². The van der Waals surface area contributed by atoms with E-state index in [9.17, 15) is 8.42 Å². The lowest BCUT2D eigenvalue weighted by atomic mass is 10.2. The molecule has 0 aromatic heterocycles. The molecule has 0 aromatic carbocycles. The first-order valence-corrected chi connectivity index (χ1v) is 5.97. The minimum absolute atomic E-state index is 0.162. The van der Waals surface area contributed by atoms with Gasteiger partial charge in [0.2, 0.25) is 0 Å². The zero-order valence-electron chi connectivity index (χ0n) is 8.43. The predicted octanol–water partition coefficient (Wildman–Crippen LogP) is -1.50. The van der Waals surface area contributed by atoms with E-state index in [2.05, 4.69) is 4.72 Å². The number of nitrogens with two attached hydrogens (primary N) is 1. The molecule has 0 spiro atoms. The van der Waals surface area contributed by atoms with E-state index in [4.69, 9.17) is 10.5 Å². The molecule has 6 nitrogen and oxygen atoms in total. The van der Waals surface area contributed by atoms with Crippen molar-refractivity contribution in [2.75, 3.05) is 26.7 Å². The molecule has 2 unspecified atom stereocenters. The molecule has 0 aromatic rings. The predicted molar refractivity (Wildman–Crippen MR) is 52.9 cm³/mol. The molecular weight excluding hydrogens is 206 g/mol. The van der Waals surface area contributed by atoms with Crippen LogP contribution in [0, 0.1) is 0 Å². The highest BCUT2D eigenvalue weighted by Crippen LogP contribution is 2.10. The summed E-state index contributed by atoms with van der Waals surface area (Å²) >= 11 is 0. The number of morpholine rings is 1. The standard InChI is InChI=1S/C7H17N3O3S/c1-6(8)7-5-10(3-4-13-7)14(11,12)9-2/h6-7,9H,3-5,8H2,1-2H3. The Morgan fingerprint density at radius 1 is 1.64 bits per heavy atom. The Morgan fingerprint density at radius 3 is 2.79 bits per heavy atom. The normalized spacial score (nSPS) is 27.5. The third kappa shape index (κ3) is 2.64. The molecule has 0 saturated carbocycles. The van der Waals surface area contributed by atoms with Crippen LogP contribution in [0.2, 0.25) is 0 Å². The maximum atomic E-state index is 11.4. The average Bonchev–Trinajstić information content (AvgIpc) is 2.18. The maximum absolute atomic E-state index is 11.4. The lowest BCUT2D eigenvalue weighted by Gasteiger charge is -2.33. The van der Waals surface area contributed by atoms with Gasteiger partial charge in [0.25, 0.3) is 10.2 Å². The fourth-order valence-electron chi connectivity index (χ4n) is 1.32. The van der Waals surface area contributed by atoms with Gasteiger partial charge in [-0.05, 0) is 6.92 Å². The van der Waals surface area contributed by atoms with Gasteiger partial charge in [0, 0.05) is 26.2 Å². The van der Waals surface area contributed by atoms with E-state index in [1.165, 1.54) is 11.4 Å². The van der Waals surface area contributed by atoms with Crippen LogP contribution in [0.4, 0.5) is 0 Å². The number of nitrogens with one attached hydrogen (secondary N) is 1. The summed E-state index contributed by atoms with van der Waals surface area (Å²) in [5.74, 6) is 0. The molecule has 1 saturated heterocycles. The first-order chi connectivity index (χ1) is 6.47. The van der Waals surface area contributed by atoms with Gasteiger partial charge in [-0.3, -0.25) is 0 Å². The minimum Gasteiger partial charge on any atom is -0.374 e. The lowest BCUT2D eigenvalue weighted by Crippen LogP contribution is -2.53. The quantitative estimate of drug-likeness (QED) is 0.610. The van der Waals surface area contributed by atoms with Crippen LogP contribution in [0.1, 0.15) is 6.92 Å². The summed E-state index contributed by atoms with van der Waals surface area (Å²) in [5.41, 5.74) is 5.65. The van der Waals surface area contributed by atoms with Crippen molar-refractivity contribution in [3.8, 4) is 0 Å². The van der Waals surface area contributed by atoms with Crippen LogP contribution in [-0.2, 0) is 14.9 Å². The van der Waals surface area contributed by atoms with Gasteiger partial charge in [-0.15, -0.1) is 0 Å². The zero-order valence-corrected chi connectivity index (χ0v) is 9.25. The molecule has 1 heterocycles. The summed E-state index contributed by atoms with van der Waals surface area (Å²) < 4.78 is 31.9. The molecule has 3 N–H and O–H groups in total. The van der Waals surface area contributed by atoms with Gasteiger partial charge in [0.15, 0.2) is 0 Å². The molecule has 7 heteroatoms. The van der Waals surface area contributed by atoms with Gasteiger partial charge in [0.05, 0.1) is 12.7 Å². The molecule has 1 rings (SSSR count). The number of ether oxygens (including phenoxy) is 1. The van der Waals surface area contributed by atoms with Crippen LogP contribution >= 0.6 is 0 Å². The highest BCUT2D eigenvalue weighted by molar-refractivity contribution is 7.87. The Balaban J connectivity index is 2.65. The minimum atomic E-state index is -3.34. The van der Waals surface area contributed by atoms with Crippen LogP contribution in [0.5, 0.6) is 0 Å². The monoisotopic (exact) mass is 223 g/mol. The summed E-state index contributed by atoms with van der Waals surface area (Å²) in [5, 5.41) is 0. The van der Waals surface area contributed by atoms with Crippen molar-refractivity contribution in [1.29, 1.82) is 0 Å². The SMILES string of the molecule is CNS(=O)(=O)N1CCOC(C(C)N)C1. The highest BCUT2D eigenvalue weighted by Gasteiger charge is 2.29. The van der Waals surface area contributed by atoms with Crippen LogP contribution < -0.4 is 10.5 Å². The fraction of sp³-hybridized carbons (Fsp3) is 1.00. The second-order valence-electron chi connectivity index (χ2n) is 3.34. The van der Waals surface area contributed by atoms with Crippen molar-refractivity contribution in [3.05, 3.63) is 0 Å². The van der Waals surface area contributed by atoms with Crippen LogP contribution in [0.15, 0.2) is 0 Å². The van der Waals surface area contributed by atoms with Crippen molar-refractivity contribution < 1.29 is 13.2 Å². The van der Waals surface area contributed by atoms with Crippen molar-refractivity contribution in [2.45, 2.75) is 19.1 Å². The summed E-state index contributed by atoms with van der Waals surface area (Å²) in [6.07, 6.45) is -0.216. The Bertz CT molecular complexity index is 278. The molecule has 14 heavy (non-hydrogen) atoms. The molecule has 0 aliphatic carbocycles. The van der Waals surface area contributed by atoms with Crippen LogP contribution in [0.25, 0.3) is 0 Å². The third-order valence-electron chi connectivity index (χ3n) is 2.24. The van der Waals surface area contributed by atoms with E-state index in [1.807, 2.05) is 0 Å². The van der Waals surface area contributed by atoms with Crippen molar-refractivity contribution in [2.24, 2.45) is 5.73 Å². The van der Waals surface area contributed by atoms with Crippen molar-refractivity contribution in [1.82, 2.24) is 9.03 Å². The largest absolute Gasteiger partial charge is 0.374 e. The first kappa shape index (κ1) is 11.9. The molecule has 2 atom stereocenters. The molecule has 1 fully saturated rings. The fourth-order valence-corrected chi connectivity index (χ4v) is 2.23. The molecular formula is C7H17N3O3S. The van der Waals surface area contributed by atoms with Gasteiger partial charge in [0.1, 0.15) is 0 Å². The van der Waals surface area contributed by atoms with E-state index < -0.39 is 10.2 Å². The number of rotatable bonds is 3. The molecule has 0 bridgehead atoms. The zero-order chi connectivity index (χ0) is 10.8. The van der Waals surface area contributed by atoms with E-state index in [0.717, 1.165) is 0 Å². The Hall–Kier alpha value is -0.210. The molecule has 1 aliphatic rings. The number of hydrogen-bond acceptors (Lipinski definition) is 4. The number of hydrogen-bond donors (Lipinski definition) is 2. The third-order valence-corrected chi connectivity index (χ3v) is 3.77. The summed E-state index contributed by atoms with van der Waals surface area (Å²) in [4.78, 5) is 0. The second-order valence-corrected chi connectivity index (χ2v) is 5.21. The molecule has 0 amide bonds. The van der Waals surface area contributed by atoms with Gasteiger partial charge in [-0.1, -0.05) is 0 Å².